The van der Waals surface area contributed by atoms with E-state index in [-0.39, 0.29) is 17.9 Å². The Balaban J connectivity index is 1.42. The summed E-state index contributed by atoms with van der Waals surface area (Å²) in [5.41, 5.74) is 3.30. The van der Waals surface area contributed by atoms with Gasteiger partial charge >= 0.3 is 0 Å². The van der Waals surface area contributed by atoms with Crippen LogP contribution in [-0.2, 0) is 17.6 Å². The SMILES string of the molecule is C[C@@H](NC(=O)c1coc(CC2CC2)n1)c1ccc2c(c1)CCC(=O)N2. The van der Waals surface area contributed by atoms with Crippen LogP contribution in [0.25, 0.3) is 0 Å². The number of carbonyl (C=O) groups excluding carboxylic acids is 2. The molecule has 0 saturated heterocycles. The minimum Gasteiger partial charge on any atom is -0.448 e. The topological polar surface area (TPSA) is 84.2 Å². The fourth-order valence-corrected chi connectivity index (χ4v) is 3.10. The number of aryl methyl sites for hydroxylation is 1. The standard InChI is InChI=1S/C19H21N3O3/c1-11(13-4-6-15-14(9-13)5-7-17(23)21-15)20-19(24)16-10-25-18(22-16)8-12-2-3-12/h4,6,9-12H,2-3,5,7-8H2,1H3,(H,20,24)(H,21,23)/t11-/m1/s1. The number of carbonyl (C=O) groups is 2. The summed E-state index contributed by atoms with van der Waals surface area (Å²) in [5.74, 6) is 1.13. The summed E-state index contributed by atoms with van der Waals surface area (Å²) >= 11 is 0. The molecule has 130 valence electrons. The molecule has 6 nitrogen and oxygen atoms in total. The molecular weight excluding hydrogens is 318 g/mol. The van der Waals surface area contributed by atoms with Crippen LogP contribution in [0.1, 0.15) is 59.7 Å². The minimum atomic E-state index is -0.232. The molecule has 1 saturated carbocycles. The summed E-state index contributed by atoms with van der Waals surface area (Å²) in [6, 6.07) is 5.71. The molecule has 2 aliphatic rings. The molecule has 2 heterocycles. The zero-order chi connectivity index (χ0) is 17.4. The van der Waals surface area contributed by atoms with Gasteiger partial charge in [0.2, 0.25) is 5.91 Å². The quantitative estimate of drug-likeness (QED) is 0.877. The highest BCUT2D eigenvalue weighted by atomic mass is 16.3. The van der Waals surface area contributed by atoms with Gasteiger partial charge in [-0.25, -0.2) is 4.98 Å². The summed E-state index contributed by atoms with van der Waals surface area (Å²) in [6.45, 7) is 1.94. The van der Waals surface area contributed by atoms with Crippen molar-refractivity contribution in [1.29, 1.82) is 0 Å². The van der Waals surface area contributed by atoms with E-state index in [0.29, 0.717) is 23.9 Å². The number of nitrogens with one attached hydrogen (secondary N) is 2. The van der Waals surface area contributed by atoms with Gasteiger partial charge in [0.1, 0.15) is 6.26 Å². The molecule has 0 spiro atoms. The molecule has 6 heteroatoms. The lowest BCUT2D eigenvalue weighted by Crippen LogP contribution is -2.27. The van der Waals surface area contributed by atoms with Crippen LogP contribution in [-0.4, -0.2) is 16.8 Å². The monoisotopic (exact) mass is 339 g/mol. The number of aromatic nitrogens is 1. The number of rotatable bonds is 5. The highest BCUT2D eigenvalue weighted by molar-refractivity contribution is 5.94. The van der Waals surface area contributed by atoms with E-state index in [4.69, 9.17) is 4.42 Å². The van der Waals surface area contributed by atoms with Crippen LogP contribution in [0.3, 0.4) is 0 Å². The molecule has 1 atom stereocenters. The van der Waals surface area contributed by atoms with Crippen LogP contribution in [0.5, 0.6) is 0 Å². The first-order chi connectivity index (χ1) is 12.1. The molecule has 1 aromatic carbocycles. The fourth-order valence-electron chi connectivity index (χ4n) is 3.10. The maximum Gasteiger partial charge on any atom is 0.273 e. The summed E-state index contributed by atoms with van der Waals surface area (Å²) in [4.78, 5) is 28.1. The molecule has 0 unspecified atom stereocenters. The third-order valence-electron chi connectivity index (χ3n) is 4.82. The van der Waals surface area contributed by atoms with E-state index in [1.807, 2.05) is 25.1 Å². The van der Waals surface area contributed by atoms with Gasteiger partial charge in [0.05, 0.1) is 6.04 Å². The Morgan fingerprint density at radius 2 is 2.24 bits per heavy atom. The van der Waals surface area contributed by atoms with Crippen LogP contribution in [0, 0.1) is 5.92 Å². The number of oxazole rings is 1. The van der Waals surface area contributed by atoms with E-state index in [2.05, 4.69) is 15.6 Å². The highest BCUT2D eigenvalue weighted by Gasteiger charge is 2.25. The molecular formula is C19H21N3O3. The number of anilines is 1. The first-order valence-corrected chi connectivity index (χ1v) is 8.76. The fraction of sp³-hybridized carbons (Fsp3) is 0.421. The van der Waals surface area contributed by atoms with Crippen molar-refractivity contribution in [3.05, 3.63) is 47.2 Å². The zero-order valence-electron chi connectivity index (χ0n) is 14.2. The molecule has 0 bridgehead atoms. The minimum absolute atomic E-state index is 0.0506. The molecule has 1 aliphatic carbocycles. The van der Waals surface area contributed by atoms with Gasteiger partial charge in [-0.15, -0.1) is 0 Å². The summed E-state index contributed by atoms with van der Waals surface area (Å²) < 4.78 is 5.40. The molecule has 25 heavy (non-hydrogen) atoms. The molecule has 2 amide bonds. The maximum absolute atomic E-state index is 12.4. The lowest BCUT2D eigenvalue weighted by Gasteiger charge is -2.20. The van der Waals surface area contributed by atoms with Crippen LogP contribution in [0.4, 0.5) is 5.69 Å². The van der Waals surface area contributed by atoms with Gasteiger partial charge in [-0.2, -0.15) is 0 Å². The van der Waals surface area contributed by atoms with Gasteiger partial charge in [0.15, 0.2) is 11.6 Å². The third-order valence-corrected chi connectivity index (χ3v) is 4.82. The van der Waals surface area contributed by atoms with Crippen molar-refractivity contribution >= 4 is 17.5 Å². The number of fused-ring (bicyclic) bond motifs is 1. The van der Waals surface area contributed by atoms with Gasteiger partial charge in [-0.1, -0.05) is 12.1 Å². The predicted molar refractivity (Wildman–Crippen MR) is 92.2 cm³/mol. The van der Waals surface area contributed by atoms with Gasteiger partial charge < -0.3 is 15.1 Å². The van der Waals surface area contributed by atoms with Crippen molar-refractivity contribution in [2.75, 3.05) is 5.32 Å². The van der Waals surface area contributed by atoms with Crippen molar-refractivity contribution in [1.82, 2.24) is 10.3 Å². The van der Waals surface area contributed by atoms with Gasteiger partial charge in [0, 0.05) is 18.5 Å². The van der Waals surface area contributed by atoms with E-state index in [0.717, 1.165) is 29.7 Å². The average Bonchev–Trinajstić information content (AvgIpc) is 3.28. The van der Waals surface area contributed by atoms with E-state index in [1.165, 1.54) is 19.1 Å². The van der Waals surface area contributed by atoms with Crippen molar-refractivity contribution in [3.63, 3.8) is 0 Å². The van der Waals surface area contributed by atoms with Gasteiger partial charge in [0.25, 0.3) is 5.91 Å². The van der Waals surface area contributed by atoms with E-state index >= 15 is 0 Å². The Kier molecular flexibility index (Phi) is 4.03. The third kappa shape index (κ3) is 3.57. The zero-order valence-corrected chi connectivity index (χ0v) is 14.2. The second-order valence-corrected chi connectivity index (χ2v) is 6.93. The maximum atomic E-state index is 12.4. The largest absolute Gasteiger partial charge is 0.448 e. The number of amides is 2. The normalized spacial score (nSPS) is 17.6. The summed E-state index contributed by atoms with van der Waals surface area (Å²) in [6.07, 6.45) is 5.92. The second kappa shape index (κ2) is 6.35. The number of hydrogen-bond donors (Lipinski definition) is 2. The van der Waals surface area contributed by atoms with Crippen molar-refractivity contribution < 1.29 is 14.0 Å². The van der Waals surface area contributed by atoms with Crippen molar-refractivity contribution in [2.45, 2.75) is 45.1 Å². The van der Waals surface area contributed by atoms with Crippen LogP contribution < -0.4 is 10.6 Å². The highest BCUT2D eigenvalue weighted by Crippen LogP contribution is 2.32. The Morgan fingerprint density at radius 3 is 3.04 bits per heavy atom. The molecule has 1 aliphatic heterocycles. The summed E-state index contributed by atoms with van der Waals surface area (Å²) in [7, 11) is 0. The first kappa shape index (κ1) is 15.9. The molecule has 0 radical (unpaired) electrons. The Morgan fingerprint density at radius 1 is 1.40 bits per heavy atom. The summed E-state index contributed by atoms with van der Waals surface area (Å²) in [5, 5.41) is 5.83. The average molecular weight is 339 g/mol. The van der Waals surface area contributed by atoms with Crippen molar-refractivity contribution in [3.8, 4) is 0 Å². The molecule has 4 rings (SSSR count). The van der Waals surface area contributed by atoms with Crippen molar-refractivity contribution in [2.24, 2.45) is 5.92 Å². The number of benzene rings is 1. The lowest BCUT2D eigenvalue weighted by atomic mass is 9.98. The Bertz CT molecular complexity index is 823. The number of hydrogen-bond acceptors (Lipinski definition) is 4. The smallest absolute Gasteiger partial charge is 0.273 e. The van der Waals surface area contributed by atoms with E-state index in [1.54, 1.807) is 0 Å². The van der Waals surface area contributed by atoms with E-state index in [9.17, 15) is 9.59 Å². The Hall–Kier alpha value is -2.63. The van der Waals surface area contributed by atoms with Crippen LogP contribution in [0.15, 0.2) is 28.9 Å². The number of nitrogens with zero attached hydrogens (tertiary/aromatic N) is 1. The molecule has 2 N–H and O–H groups in total. The second-order valence-electron chi connectivity index (χ2n) is 6.93. The lowest BCUT2D eigenvalue weighted by molar-refractivity contribution is -0.116. The Labute approximate surface area is 146 Å². The molecule has 2 aromatic rings. The predicted octanol–water partition coefficient (Wildman–Crippen LogP) is 3.00. The van der Waals surface area contributed by atoms with E-state index < -0.39 is 0 Å². The van der Waals surface area contributed by atoms with Gasteiger partial charge in [-0.3, -0.25) is 9.59 Å². The van der Waals surface area contributed by atoms with Gasteiger partial charge in [-0.05, 0) is 49.3 Å². The molecule has 1 aromatic heterocycles. The van der Waals surface area contributed by atoms with Crippen LogP contribution in [0.2, 0.25) is 0 Å². The van der Waals surface area contributed by atoms with Crippen LogP contribution >= 0.6 is 0 Å². The first-order valence-electron chi connectivity index (χ1n) is 8.76. The molecule has 1 fully saturated rings.